The molecule has 134 valence electrons. The largest absolute Gasteiger partial charge is 0.379 e. The van der Waals surface area contributed by atoms with E-state index in [4.69, 9.17) is 4.52 Å². The molecule has 0 radical (unpaired) electrons. The van der Waals surface area contributed by atoms with E-state index in [9.17, 15) is 10.1 Å². The highest BCUT2D eigenvalue weighted by Crippen LogP contribution is 2.31. The van der Waals surface area contributed by atoms with Crippen molar-refractivity contribution in [2.24, 2.45) is 0 Å². The van der Waals surface area contributed by atoms with E-state index < -0.39 is 4.92 Å². The molecule has 0 saturated heterocycles. The van der Waals surface area contributed by atoms with Crippen LogP contribution in [-0.4, -0.2) is 21.6 Å². The predicted molar refractivity (Wildman–Crippen MR) is 100.0 cm³/mol. The van der Waals surface area contributed by atoms with Crippen LogP contribution in [0.2, 0.25) is 0 Å². The fraction of sp³-hybridized carbons (Fsp3) is 0.263. The molecule has 0 aliphatic heterocycles. The Kier molecular flexibility index (Phi) is 5.26. The van der Waals surface area contributed by atoms with Gasteiger partial charge in [0, 0.05) is 23.7 Å². The molecule has 26 heavy (non-hydrogen) atoms. The predicted octanol–water partition coefficient (Wildman–Crippen LogP) is 4.83. The molecule has 3 rings (SSSR count). The van der Waals surface area contributed by atoms with Crippen molar-refractivity contribution in [1.29, 1.82) is 0 Å². The van der Waals surface area contributed by atoms with Gasteiger partial charge in [0.1, 0.15) is 5.69 Å². The molecule has 0 unspecified atom stereocenters. The Balaban J connectivity index is 1.91. The maximum absolute atomic E-state index is 11.4. The first kappa shape index (κ1) is 17.6. The number of nitrogens with zero attached hydrogens (tertiary/aromatic N) is 3. The number of hydrogen-bond donors (Lipinski definition) is 1. The Hall–Kier alpha value is -3.22. The van der Waals surface area contributed by atoms with E-state index in [1.807, 2.05) is 31.2 Å². The fourth-order valence-electron chi connectivity index (χ4n) is 2.64. The summed E-state index contributed by atoms with van der Waals surface area (Å²) in [5, 5.41) is 18.5. The number of unbranched alkanes of at least 4 members (excludes halogenated alkanes) is 1. The minimum Gasteiger partial charge on any atom is -0.379 e. The number of nitrogens with one attached hydrogen (secondary N) is 1. The number of anilines is 1. The van der Waals surface area contributed by atoms with Crippen molar-refractivity contribution in [3.8, 4) is 22.8 Å². The van der Waals surface area contributed by atoms with Gasteiger partial charge in [-0.3, -0.25) is 10.1 Å². The van der Waals surface area contributed by atoms with Gasteiger partial charge in [-0.2, -0.15) is 4.98 Å². The number of aryl methyl sites for hydroxylation is 1. The Labute approximate surface area is 151 Å². The van der Waals surface area contributed by atoms with Crippen molar-refractivity contribution in [2.45, 2.75) is 26.7 Å². The standard InChI is InChI=1S/C19H20N4O3/c1-3-4-11-20-16-10-9-14(12-17(16)23(24)25)19-21-18(22-26-19)15-8-6-5-7-13(15)2/h5-10,12,20H,3-4,11H2,1-2H3. The van der Waals surface area contributed by atoms with Crippen molar-refractivity contribution >= 4 is 11.4 Å². The van der Waals surface area contributed by atoms with Crippen LogP contribution in [0.5, 0.6) is 0 Å². The van der Waals surface area contributed by atoms with Crippen molar-refractivity contribution < 1.29 is 9.45 Å². The molecule has 0 saturated carbocycles. The summed E-state index contributed by atoms with van der Waals surface area (Å²) in [5.41, 5.74) is 2.90. The summed E-state index contributed by atoms with van der Waals surface area (Å²) in [6.45, 7) is 4.72. The molecule has 3 aromatic rings. The van der Waals surface area contributed by atoms with E-state index >= 15 is 0 Å². The third-order valence-corrected chi connectivity index (χ3v) is 4.10. The summed E-state index contributed by atoms with van der Waals surface area (Å²) in [4.78, 5) is 15.4. The summed E-state index contributed by atoms with van der Waals surface area (Å²) < 4.78 is 5.33. The lowest BCUT2D eigenvalue weighted by Gasteiger charge is -2.07. The van der Waals surface area contributed by atoms with Crippen LogP contribution in [-0.2, 0) is 0 Å². The highest BCUT2D eigenvalue weighted by Gasteiger charge is 2.18. The van der Waals surface area contributed by atoms with Gasteiger partial charge in [0.15, 0.2) is 0 Å². The van der Waals surface area contributed by atoms with Crippen LogP contribution in [0.3, 0.4) is 0 Å². The van der Waals surface area contributed by atoms with Gasteiger partial charge in [-0.1, -0.05) is 42.8 Å². The lowest BCUT2D eigenvalue weighted by atomic mass is 10.1. The zero-order chi connectivity index (χ0) is 18.5. The van der Waals surface area contributed by atoms with Gasteiger partial charge in [0.05, 0.1) is 4.92 Å². The maximum atomic E-state index is 11.4. The molecular weight excluding hydrogens is 332 g/mol. The van der Waals surface area contributed by atoms with Crippen LogP contribution in [0.1, 0.15) is 25.3 Å². The van der Waals surface area contributed by atoms with Crippen molar-refractivity contribution in [3.63, 3.8) is 0 Å². The minimum atomic E-state index is -0.406. The second-order valence-corrected chi connectivity index (χ2v) is 6.01. The molecule has 1 N–H and O–H groups in total. The zero-order valence-corrected chi connectivity index (χ0v) is 14.7. The minimum absolute atomic E-state index is 0.00533. The molecule has 0 aliphatic rings. The van der Waals surface area contributed by atoms with Crippen LogP contribution in [0.15, 0.2) is 47.0 Å². The van der Waals surface area contributed by atoms with Crippen molar-refractivity contribution in [3.05, 3.63) is 58.1 Å². The van der Waals surface area contributed by atoms with Crippen LogP contribution in [0.25, 0.3) is 22.8 Å². The first-order valence-electron chi connectivity index (χ1n) is 8.52. The molecule has 1 heterocycles. The van der Waals surface area contributed by atoms with Crippen molar-refractivity contribution in [1.82, 2.24) is 10.1 Å². The molecule has 0 fully saturated rings. The molecule has 0 atom stereocenters. The number of nitro benzene ring substituents is 1. The number of hydrogen-bond acceptors (Lipinski definition) is 6. The maximum Gasteiger partial charge on any atom is 0.293 e. The lowest BCUT2D eigenvalue weighted by Crippen LogP contribution is -2.04. The number of aromatic nitrogens is 2. The monoisotopic (exact) mass is 352 g/mol. The first-order chi connectivity index (χ1) is 12.6. The van der Waals surface area contributed by atoms with Crippen LogP contribution in [0.4, 0.5) is 11.4 Å². The van der Waals surface area contributed by atoms with Crippen LogP contribution in [0, 0.1) is 17.0 Å². The Morgan fingerprint density at radius 3 is 2.77 bits per heavy atom. The molecule has 0 aliphatic carbocycles. The number of rotatable bonds is 7. The molecule has 0 spiro atoms. The van der Waals surface area contributed by atoms with Gasteiger partial charge in [-0.05, 0) is 31.0 Å². The SMILES string of the molecule is CCCCNc1ccc(-c2nc(-c3ccccc3C)no2)cc1[N+](=O)[O-]. The zero-order valence-electron chi connectivity index (χ0n) is 14.7. The molecular formula is C19H20N4O3. The van der Waals surface area contributed by atoms with E-state index in [2.05, 4.69) is 22.4 Å². The van der Waals surface area contributed by atoms with E-state index in [1.54, 1.807) is 12.1 Å². The molecule has 0 bridgehead atoms. The van der Waals surface area contributed by atoms with Gasteiger partial charge in [-0.15, -0.1) is 0 Å². The molecule has 1 aromatic heterocycles. The summed E-state index contributed by atoms with van der Waals surface area (Å²) in [7, 11) is 0. The molecule has 7 nitrogen and oxygen atoms in total. The smallest absolute Gasteiger partial charge is 0.293 e. The molecule has 7 heteroatoms. The average Bonchev–Trinajstić information content (AvgIpc) is 3.12. The number of nitro groups is 1. The van der Waals surface area contributed by atoms with E-state index in [0.717, 1.165) is 24.0 Å². The highest BCUT2D eigenvalue weighted by molar-refractivity contribution is 5.71. The first-order valence-corrected chi connectivity index (χ1v) is 8.52. The third-order valence-electron chi connectivity index (χ3n) is 4.10. The molecule has 0 amide bonds. The van der Waals surface area contributed by atoms with Crippen LogP contribution >= 0.6 is 0 Å². The lowest BCUT2D eigenvalue weighted by molar-refractivity contribution is -0.383. The Morgan fingerprint density at radius 1 is 1.23 bits per heavy atom. The molecule has 2 aromatic carbocycles. The topological polar surface area (TPSA) is 94.1 Å². The average molecular weight is 352 g/mol. The van der Waals surface area contributed by atoms with Gasteiger partial charge >= 0.3 is 0 Å². The Bertz CT molecular complexity index is 921. The quantitative estimate of drug-likeness (QED) is 0.372. The number of benzene rings is 2. The summed E-state index contributed by atoms with van der Waals surface area (Å²) >= 11 is 0. The fourth-order valence-corrected chi connectivity index (χ4v) is 2.64. The van der Waals surface area contributed by atoms with E-state index in [0.29, 0.717) is 23.6 Å². The van der Waals surface area contributed by atoms with Gasteiger partial charge in [-0.25, -0.2) is 0 Å². The third kappa shape index (κ3) is 3.72. The normalized spacial score (nSPS) is 10.7. The summed E-state index contributed by atoms with van der Waals surface area (Å²) in [5.74, 6) is 0.720. The van der Waals surface area contributed by atoms with Gasteiger partial charge in [0.2, 0.25) is 5.82 Å². The second kappa shape index (κ2) is 7.77. The van der Waals surface area contributed by atoms with E-state index in [1.165, 1.54) is 6.07 Å². The van der Waals surface area contributed by atoms with Gasteiger partial charge in [0.25, 0.3) is 11.6 Å². The van der Waals surface area contributed by atoms with E-state index in [-0.39, 0.29) is 11.6 Å². The summed E-state index contributed by atoms with van der Waals surface area (Å²) in [6, 6.07) is 12.6. The van der Waals surface area contributed by atoms with Gasteiger partial charge < -0.3 is 9.84 Å². The highest BCUT2D eigenvalue weighted by atomic mass is 16.6. The second-order valence-electron chi connectivity index (χ2n) is 6.01. The Morgan fingerprint density at radius 2 is 2.04 bits per heavy atom. The summed E-state index contributed by atoms with van der Waals surface area (Å²) in [6.07, 6.45) is 1.96. The van der Waals surface area contributed by atoms with Crippen molar-refractivity contribution in [2.75, 3.05) is 11.9 Å². The van der Waals surface area contributed by atoms with Crippen LogP contribution < -0.4 is 5.32 Å².